The summed E-state index contributed by atoms with van der Waals surface area (Å²) in [6, 6.07) is 0. The average Bonchev–Trinajstić information content (AvgIpc) is 2.88. The number of carbonyl (C=O) groups is 1. The molecule has 1 fully saturated rings. The van der Waals surface area contributed by atoms with Crippen LogP contribution < -0.4 is 0 Å². The first-order valence-corrected chi connectivity index (χ1v) is 6.58. The fourth-order valence-electron chi connectivity index (χ4n) is 2.29. The van der Waals surface area contributed by atoms with Gasteiger partial charge in [0.15, 0.2) is 0 Å². The molecular formula is C18H20O2. The Morgan fingerprint density at radius 3 is 2.55 bits per heavy atom. The van der Waals surface area contributed by atoms with E-state index in [1.165, 1.54) is 5.57 Å². The molecule has 0 spiro atoms. The molecule has 0 aliphatic heterocycles. The Labute approximate surface area is 122 Å². The van der Waals surface area contributed by atoms with Gasteiger partial charge in [0.25, 0.3) is 0 Å². The molecule has 0 radical (unpaired) electrons. The Kier molecular flexibility index (Phi) is 5.07. The van der Waals surface area contributed by atoms with Gasteiger partial charge in [-0.05, 0) is 37.0 Å². The molecule has 3 unspecified atom stereocenters. The second-order valence-corrected chi connectivity index (χ2v) is 5.75. The zero-order valence-electron chi connectivity index (χ0n) is 12.5. The minimum Gasteiger partial charge on any atom is -0.437 e. The van der Waals surface area contributed by atoms with Crippen molar-refractivity contribution in [3.8, 4) is 36.5 Å². The van der Waals surface area contributed by atoms with E-state index in [1.807, 2.05) is 13.8 Å². The molecule has 0 aromatic rings. The Morgan fingerprint density at radius 1 is 1.40 bits per heavy atom. The maximum Gasteiger partial charge on any atom is 0.312 e. The van der Waals surface area contributed by atoms with Crippen molar-refractivity contribution in [3.63, 3.8) is 0 Å². The van der Waals surface area contributed by atoms with Gasteiger partial charge in [0.1, 0.15) is 0 Å². The van der Waals surface area contributed by atoms with Gasteiger partial charge in [0.05, 0.1) is 12.3 Å². The first-order chi connectivity index (χ1) is 9.34. The number of rotatable bonds is 3. The fourth-order valence-corrected chi connectivity index (χ4v) is 2.29. The molecule has 3 atom stereocenters. The van der Waals surface area contributed by atoms with E-state index in [9.17, 15) is 4.79 Å². The van der Waals surface area contributed by atoms with Crippen LogP contribution in [0, 0.1) is 53.8 Å². The standard InChI is InChI=1S/C18H20O2/c1-7-9-10-11-14(8-2)20-17(19)16-15(12-13(3)4)18(16,5)6/h1-2,12,14-16H,9H2,3-6H3. The van der Waals surface area contributed by atoms with Crippen LogP contribution in [0.3, 0.4) is 0 Å². The van der Waals surface area contributed by atoms with E-state index in [4.69, 9.17) is 17.6 Å². The predicted molar refractivity (Wildman–Crippen MR) is 80.1 cm³/mol. The van der Waals surface area contributed by atoms with Crippen LogP contribution in [0.15, 0.2) is 11.6 Å². The lowest BCUT2D eigenvalue weighted by Crippen LogP contribution is -2.18. The highest BCUT2D eigenvalue weighted by Gasteiger charge is 2.61. The van der Waals surface area contributed by atoms with Crippen molar-refractivity contribution in [3.05, 3.63) is 11.6 Å². The lowest BCUT2D eigenvalue weighted by atomic mass is 10.1. The third kappa shape index (κ3) is 3.69. The first-order valence-electron chi connectivity index (χ1n) is 6.58. The summed E-state index contributed by atoms with van der Waals surface area (Å²) in [7, 11) is 0. The molecule has 0 heterocycles. The lowest BCUT2D eigenvalue weighted by molar-refractivity contribution is -0.147. The zero-order valence-corrected chi connectivity index (χ0v) is 12.5. The van der Waals surface area contributed by atoms with Crippen LogP contribution in [0.25, 0.3) is 0 Å². The molecule has 0 aromatic carbocycles. The molecule has 1 saturated carbocycles. The Morgan fingerprint density at radius 2 is 2.05 bits per heavy atom. The van der Waals surface area contributed by atoms with Gasteiger partial charge in [-0.15, -0.1) is 12.8 Å². The van der Waals surface area contributed by atoms with E-state index >= 15 is 0 Å². The van der Waals surface area contributed by atoms with Gasteiger partial charge in [-0.3, -0.25) is 4.79 Å². The van der Waals surface area contributed by atoms with Gasteiger partial charge in [0.2, 0.25) is 6.10 Å². The average molecular weight is 268 g/mol. The number of esters is 1. The van der Waals surface area contributed by atoms with E-state index in [1.54, 1.807) is 0 Å². The molecule has 0 N–H and O–H groups in total. The van der Waals surface area contributed by atoms with Crippen LogP contribution in [0.1, 0.15) is 34.1 Å². The van der Waals surface area contributed by atoms with Crippen LogP contribution in [0.4, 0.5) is 0 Å². The van der Waals surface area contributed by atoms with E-state index in [2.05, 4.69) is 43.6 Å². The van der Waals surface area contributed by atoms with Gasteiger partial charge in [-0.2, -0.15) is 0 Å². The molecule has 0 aromatic heterocycles. The highest BCUT2D eigenvalue weighted by Crippen LogP contribution is 2.59. The van der Waals surface area contributed by atoms with Crippen molar-refractivity contribution in [2.24, 2.45) is 17.3 Å². The van der Waals surface area contributed by atoms with E-state index in [0.29, 0.717) is 6.42 Å². The molecule has 0 saturated heterocycles. The second-order valence-electron chi connectivity index (χ2n) is 5.75. The molecule has 1 rings (SSSR count). The molecule has 20 heavy (non-hydrogen) atoms. The van der Waals surface area contributed by atoms with Gasteiger partial charge in [-0.25, -0.2) is 0 Å². The topological polar surface area (TPSA) is 26.3 Å². The van der Waals surface area contributed by atoms with Crippen LogP contribution in [0.5, 0.6) is 0 Å². The third-order valence-corrected chi connectivity index (χ3v) is 3.49. The van der Waals surface area contributed by atoms with Gasteiger partial charge in [0, 0.05) is 0 Å². The number of hydrogen-bond donors (Lipinski definition) is 0. The SMILES string of the molecule is C#CCC#CC(C#C)OC(=O)C1C(C=C(C)C)C1(C)C. The summed E-state index contributed by atoms with van der Waals surface area (Å²) >= 11 is 0. The summed E-state index contributed by atoms with van der Waals surface area (Å²) in [5.41, 5.74) is 1.11. The summed E-state index contributed by atoms with van der Waals surface area (Å²) in [5, 5.41) is 0. The fraction of sp³-hybridized carbons (Fsp3) is 0.500. The van der Waals surface area contributed by atoms with Crippen molar-refractivity contribution in [2.45, 2.75) is 40.2 Å². The summed E-state index contributed by atoms with van der Waals surface area (Å²) in [6.45, 7) is 8.15. The van der Waals surface area contributed by atoms with E-state index in [-0.39, 0.29) is 23.2 Å². The monoisotopic (exact) mass is 268 g/mol. The second kappa shape index (κ2) is 6.36. The highest BCUT2D eigenvalue weighted by atomic mass is 16.5. The zero-order chi connectivity index (χ0) is 15.3. The van der Waals surface area contributed by atoms with Crippen molar-refractivity contribution in [1.82, 2.24) is 0 Å². The predicted octanol–water partition coefficient (Wildman–Crippen LogP) is 2.80. The van der Waals surface area contributed by atoms with Gasteiger partial charge in [-0.1, -0.05) is 37.3 Å². The van der Waals surface area contributed by atoms with Crippen molar-refractivity contribution in [2.75, 3.05) is 0 Å². The lowest BCUT2D eigenvalue weighted by Gasteiger charge is -2.07. The van der Waals surface area contributed by atoms with Crippen molar-refractivity contribution < 1.29 is 9.53 Å². The molecule has 1 aliphatic rings. The molecule has 0 amide bonds. The quantitative estimate of drug-likeness (QED) is 0.447. The minimum absolute atomic E-state index is 0.0836. The molecule has 104 valence electrons. The van der Waals surface area contributed by atoms with E-state index < -0.39 is 6.10 Å². The molecule has 0 bridgehead atoms. The summed E-state index contributed by atoms with van der Waals surface area (Å²) in [6.07, 6.45) is 12.0. The normalized spacial score (nSPS) is 23.1. The Hall–Kier alpha value is -2.11. The van der Waals surface area contributed by atoms with Crippen molar-refractivity contribution in [1.29, 1.82) is 0 Å². The van der Waals surface area contributed by atoms with Crippen LogP contribution >= 0.6 is 0 Å². The number of terminal acetylenes is 2. The maximum absolute atomic E-state index is 12.2. The van der Waals surface area contributed by atoms with Gasteiger partial charge >= 0.3 is 5.97 Å². The number of ether oxygens (including phenoxy) is 1. The Bertz CT molecular complexity index is 551. The van der Waals surface area contributed by atoms with Crippen LogP contribution in [-0.2, 0) is 9.53 Å². The van der Waals surface area contributed by atoms with Crippen LogP contribution in [-0.4, -0.2) is 12.1 Å². The highest BCUT2D eigenvalue weighted by molar-refractivity contribution is 5.79. The first kappa shape index (κ1) is 15.9. The van der Waals surface area contributed by atoms with Crippen LogP contribution in [0.2, 0.25) is 0 Å². The number of hydrogen-bond acceptors (Lipinski definition) is 2. The Balaban J connectivity index is 2.70. The molecule has 2 nitrogen and oxygen atoms in total. The molecular weight excluding hydrogens is 248 g/mol. The third-order valence-electron chi connectivity index (χ3n) is 3.49. The number of allylic oxidation sites excluding steroid dienone is 2. The minimum atomic E-state index is -0.820. The largest absolute Gasteiger partial charge is 0.437 e. The number of carbonyl (C=O) groups excluding carboxylic acids is 1. The summed E-state index contributed by atoms with van der Waals surface area (Å²) in [4.78, 5) is 12.2. The summed E-state index contributed by atoms with van der Waals surface area (Å²) in [5.74, 6) is 9.89. The van der Waals surface area contributed by atoms with E-state index in [0.717, 1.165) is 0 Å². The summed E-state index contributed by atoms with van der Waals surface area (Å²) < 4.78 is 5.27. The molecule has 2 heteroatoms. The molecule has 1 aliphatic carbocycles. The maximum atomic E-state index is 12.2. The van der Waals surface area contributed by atoms with Gasteiger partial charge < -0.3 is 4.74 Å². The van der Waals surface area contributed by atoms with Crippen molar-refractivity contribution >= 4 is 5.97 Å². The smallest absolute Gasteiger partial charge is 0.312 e.